The molecular formula is C12H22O14S. The zero-order valence-corrected chi connectivity index (χ0v) is 14.3. The predicted octanol–water partition coefficient (Wildman–Crippen LogP) is -6.18. The van der Waals surface area contributed by atoms with Crippen molar-refractivity contribution in [2.24, 2.45) is 0 Å². The van der Waals surface area contributed by atoms with Gasteiger partial charge in [0.25, 0.3) is 10.1 Å². The molecule has 0 aliphatic carbocycles. The summed E-state index contributed by atoms with van der Waals surface area (Å²) in [5.74, 6) is 0. The first kappa shape index (κ1) is 22.8. The second-order valence-electron chi connectivity index (χ2n) is 6.18. The number of aliphatic hydroxyl groups excluding tert-OH is 8. The molecule has 2 fully saturated rings. The first-order valence-electron chi connectivity index (χ1n) is 7.70. The second kappa shape index (κ2) is 8.46. The number of aliphatic hydroxyl groups is 8. The van der Waals surface area contributed by atoms with E-state index in [1.165, 1.54) is 0 Å². The van der Waals surface area contributed by atoms with Crippen molar-refractivity contribution in [2.45, 2.75) is 66.8 Å². The van der Waals surface area contributed by atoms with E-state index in [2.05, 4.69) is 0 Å². The lowest BCUT2D eigenvalue weighted by Gasteiger charge is -2.45. The molecule has 27 heavy (non-hydrogen) atoms. The van der Waals surface area contributed by atoms with Crippen molar-refractivity contribution in [3.8, 4) is 0 Å². The van der Waals surface area contributed by atoms with Crippen LogP contribution in [0, 0.1) is 0 Å². The Morgan fingerprint density at radius 1 is 0.889 bits per heavy atom. The van der Waals surface area contributed by atoms with Crippen LogP contribution in [-0.4, -0.2) is 127 Å². The highest BCUT2D eigenvalue weighted by molar-refractivity contribution is 7.86. The fourth-order valence-electron chi connectivity index (χ4n) is 2.78. The van der Waals surface area contributed by atoms with Crippen molar-refractivity contribution in [3.05, 3.63) is 0 Å². The summed E-state index contributed by atoms with van der Waals surface area (Å²) in [5.41, 5.74) is -2.71. The molecule has 0 bridgehead atoms. The van der Waals surface area contributed by atoms with Gasteiger partial charge in [0, 0.05) is 0 Å². The molecule has 2 aliphatic heterocycles. The smallest absolute Gasteiger partial charge is 0.294 e. The van der Waals surface area contributed by atoms with Gasteiger partial charge in [-0.2, -0.15) is 8.42 Å². The summed E-state index contributed by atoms with van der Waals surface area (Å²) in [4.78, 5) is 0. The third-order valence-electron chi connectivity index (χ3n) is 4.32. The van der Waals surface area contributed by atoms with Gasteiger partial charge in [0.05, 0.1) is 6.61 Å². The molecule has 2 aliphatic rings. The van der Waals surface area contributed by atoms with Gasteiger partial charge < -0.3 is 55.1 Å². The van der Waals surface area contributed by atoms with Crippen LogP contribution in [0.15, 0.2) is 0 Å². The molecule has 2 rings (SSSR count). The standard InChI is InChI=1S/C12H22O14S/c13-1-2-8(5(16)6(17)10(19)24-2)25-12-7(18)3(14)4(15)9(26-12)11(20)27(21,22)23/h2-20H,1H2,(H,21,22,23)/t2-,3+,4-,5-,6-,7-,8-,9+,10?,11?,12-/m1/s1. The zero-order valence-electron chi connectivity index (χ0n) is 13.5. The van der Waals surface area contributed by atoms with Gasteiger partial charge in [-0.15, -0.1) is 0 Å². The first-order valence-corrected chi connectivity index (χ1v) is 9.20. The Labute approximate surface area is 152 Å². The molecule has 0 aromatic rings. The molecule has 0 saturated carbocycles. The van der Waals surface area contributed by atoms with Crippen LogP contribution in [0.2, 0.25) is 0 Å². The summed E-state index contributed by atoms with van der Waals surface area (Å²) in [6.07, 6.45) is -19.1. The highest BCUT2D eigenvalue weighted by atomic mass is 32.2. The van der Waals surface area contributed by atoms with E-state index in [-0.39, 0.29) is 0 Å². The van der Waals surface area contributed by atoms with Gasteiger partial charge in [-0.05, 0) is 0 Å². The van der Waals surface area contributed by atoms with Gasteiger partial charge in [0.15, 0.2) is 12.6 Å². The predicted molar refractivity (Wildman–Crippen MR) is 79.1 cm³/mol. The third-order valence-corrected chi connectivity index (χ3v) is 5.20. The minimum absolute atomic E-state index is 0.823. The molecule has 160 valence electrons. The highest BCUT2D eigenvalue weighted by Crippen LogP contribution is 2.30. The number of rotatable bonds is 5. The van der Waals surface area contributed by atoms with E-state index in [1.807, 2.05) is 0 Å². The van der Waals surface area contributed by atoms with E-state index in [1.54, 1.807) is 0 Å². The highest BCUT2D eigenvalue weighted by Gasteiger charge is 2.53. The molecule has 2 saturated heterocycles. The van der Waals surface area contributed by atoms with Crippen LogP contribution in [0.3, 0.4) is 0 Å². The van der Waals surface area contributed by atoms with Gasteiger partial charge in [-0.3, -0.25) is 4.55 Å². The lowest BCUT2D eigenvalue weighted by atomic mass is 9.97. The van der Waals surface area contributed by atoms with Gasteiger partial charge in [0.2, 0.25) is 5.44 Å². The number of ether oxygens (including phenoxy) is 3. The Morgan fingerprint density at radius 3 is 2.00 bits per heavy atom. The van der Waals surface area contributed by atoms with Crippen molar-refractivity contribution in [2.75, 3.05) is 6.61 Å². The molecule has 0 radical (unpaired) electrons. The fourth-order valence-corrected chi connectivity index (χ4v) is 3.35. The Hall–Kier alpha value is -0.530. The van der Waals surface area contributed by atoms with Crippen LogP contribution >= 0.6 is 0 Å². The molecule has 0 spiro atoms. The van der Waals surface area contributed by atoms with E-state index < -0.39 is 83.6 Å². The Bertz CT molecular complexity index is 597. The average Bonchev–Trinajstić information content (AvgIpc) is 2.60. The molecule has 2 unspecified atom stereocenters. The molecule has 14 nitrogen and oxygen atoms in total. The van der Waals surface area contributed by atoms with E-state index in [0.29, 0.717) is 0 Å². The maximum Gasteiger partial charge on any atom is 0.294 e. The molecule has 0 amide bonds. The zero-order chi connectivity index (χ0) is 20.7. The van der Waals surface area contributed by atoms with Crippen LogP contribution < -0.4 is 0 Å². The maximum absolute atomic E-state index is 11.1. The third kappa shape index (κ3) is 4.56. The van der Waals surface area contributed by atoms with Crippen molar-refractivity contribution in [1.82, 2.24) is 0 Å². The van der Waals surface area contributed by atoms with Gasteiger partial charge >= 0.3 is 0 Å². The van der Waals surface area contributed by atoms with Crippen molar-refractivity contribution < 1.29 is 68.0 Å². The van der Waals surface area contributed by atoms with Gasteiger partial charge in [0.1, 0.15) is 48.8 Å². The summed E-state index contributed by atoms with van der Waals surface area (Å²) in [5, 5.41) is 77.5. The van der Waals surface area contributed by atoms with E-state index in [0.717, 1.165) is 0 Å². The Balaban J connectivity index is 2.22. The number of hydrogen-bond acceptors (Lipinski definition) is 13. The topological polar surface area (TPSA) is 244 Å². The normalized spacial score (nSPS) is 47.6. The second-order valence-corrected chi connectivity index (χ2v) is 7.69. The van der Waals surface area contributed by atoms with Crippen molar-refractivity contribution in [3.63, 3.8) is 0 Å². The number of hydrogen-bond donors (Lipinski definition) is 9. The maximum atomic E-state index is 11.1. The van der Waals surface area contributed by atoms with Crippen LogP contribution in [-0.2, 0) is 24.3 Å². The molecule has 2 heterocycles. The van der Waals surface area contributed by atoms with Crippen LogP contribution in [0.4, 0.5) is 0 Å². The lowest BCUT2D eigenvalue weighted by molar-refractivity contribution is -0.356. The van der Waals surface area contributed by atoms with Crippen molar-refractivity contribution in [1.29, 1.82) is 0 Å². The summed E-state index contributed by atoms with van der Waals surface area (Å²) in [6, 6.07) is 0. The van der Waals surface area contributed by atoms with Gasteiger partial charge in [-0.25, -0.2) is 0 Å². The molecule has 0 aromatic carbocycles. The van der Waals surface area contributed by atoms with Crippen LogP contribution in [0.25, 0.3) is 0 Å². The van der Waals surface area contributed by atoms with Crippen molar-refractivity contribution >= 4 is 10.1 Å². The van der Waals surface area contributed by atoms with E-state index in [9.17, 15) is 49.3 Å². The summed E-state index contributed by atoms with van der Waals surface area (Å²) in [7, 11) is -5.14. The Kier molecular flexibility index (Phi) is 7.13. The summed E-state index contributed by atoms with van der Waals surface area (Å²) >= 11 is 0. The minimum atomic E-state index is -5.14. The SMILES string of the molecule is O=S(=O)(O)C(O)[C@H]1O[C@@H](O[C@H]2[C@H](O)[C@@H](O)C(O)O[C@@H]2CO)[C@H](O)[C@@H](O)[C@H]1O. The fraction of sp³-hybridized carbons (Fsp3) is 1.00. The Morgan fingerprint density at radius 2 is 1.48 bits per heavy atom. The lowest BCUT2D eigenvalue weighted by Crippen LogP contribution is -2.65. The largest absolute Gasteiger partial charge is 0.394 e. The van der Waals surface area contributed by atoms with E-state index in [4.69, 9.17) is 18.8 Å². The monoisotopic (exact) mass is 422 g/mol. The van der Waals surface area contributed by atoms with Crippen LogP contribution in [0.5, 0.6) is 0 Å². The molecule has 15 heteroatoms. The molecule has 9 N–H and O–H groups in total. The summed E-state index contributed by atoms with van der Waals surface area (Å²) in [6.45, 7) is -0.823. The van der Waals surface area contributed by atoms with Gasteiger partial charge in [-0.1, -0.05) is 0 Å². The first-order chi connectivity index (χ1) is 12.4. The van der Waals surface area contributed by atoms with E-state index >= 15 is 0 Å². The average molecular weight is 422 g/mol. The molecular weight excluding hydrogens is 400 g/mol. The quantitative estimate of drug-likeness (QED) is 0.187. The minimum Gasteiger partial charge on any atom is -0.394 e. The summed E-state index contributed by atoms with van der Waals surface area (Å²) < 4.78 is 45.9. The molecule has 11 atom stereocenters. The molecule has 0 aromatic heterocycles. The van der Waals surface area contributed by atoms with Crippen LogP contribution in [0.1, 0.15) is 0 Å².